The van der Waals surface area contributed by atoms with Crippen LogP contribution in [0.5, 0.6) is 5.75 Å². The second-order valence-electron chi connectivity index (χ2n) is 4.36. The third-order valence-corrected chi connectivity index (χ3v) is 2.32. The number of carbonyl (C=O) groups is 2. The van der Waals surface area contributed by atoms with Crippen LogP contribution in [0.25, 0.3) is 0 Å². The number of ketones is 1. The second-order valence-corrected chi connectivity index (χ2v) is 4.36. The van der Waals surface area contributed by atoms with E-state index in [4.69, 9.17) is 9.84 Å². The van der Waals surface area contributed by atoms with E-state index in [0.717, 1.165) is 0 Å². The minimum absolute atomic E-state index is 0.0218. The first kappa shape index (κ1) is 14.2. The summed E-state index contributed by atoms with van der Waals surface area (Å²) < 4.78 is 5.50. The SMILES string of the molecule is CC(C)Oc1cccc(C(=O)CCCC(=O)O)c1. The molecular formula is C14H18O4. The summed E-state index contributed by atoms with van der Waals surface area (Å²) in [5.74, 6) is -0.265. The molecule has 98 valence electrons. The van der Waals surface area contributed by atoms with Gasteiger partial charge in [-0.05, 0) is 32.4 Å². The number of Topliss-reactive ketones (excluding diaryl/α,β-unsaturated/α-hetero) is 1. The van der Waals surface area contributed by atoms with Crippen LogP contribution in [0.15, 0.2) is 24.3 Å². The van der Waals surface area contributed by atoms with Gasteiger partial charge in [0.15, 0.2) is 5.78 Å². The summed E-state index contributed by atoms with van der Waals surface area (Å²) in [5, 5.41) is 8.51. The molecule has 0 aromatic heterocycles. The first-order valence-electron chi connectivity index (χ1n) is 6.00. The minimum Gasteiger partial charge on any atom is -0.491 e. The molecule has 0 unspecified atom stereocenters. The molecule has 1 rings (SSSR count). The minimum atomic E-state index is -0.875. The van der Waals surface area contributed by atoms with Gasteiger partial charge in [0.25, 0.3) is 0 Å². The van der Waals surface area contributed by atoms with Gasteiger partial charge in [-0.3, -0.25) is 9.59 Å². The quantitative estimate of drug-likeness (QED) is 0.756. The fourth-order valence-corrected chi connectivity index (χ4v) is 1.56. The van der Waals surface area contributed by atoms with Gasteiger partial charge >= 0.3 is 5.97 Å². The molecular weight excluding hydrogens is 232 g/mol. The number of carbonyl (C=O) groups excluding carboxylic acids is 1. The number of carboxylic acid groups (broad SMARTS) is 1. The summed E-state index contributed by atoms with van der Waals surface area (Å²) in [6, 6.07) is 6.98. The Morgan fingerprint density at radius 1 is 1.28 bits per heavy atom. The van der Waals surface area contributed by atoms with Crippen molar-refractivity contribution < 1.29 is 19.4 Å². The van der Waals surface area contributed by atoms with E-state index < -0.39 is 5.97 Å². The van der Waals surface area contributed by atoms with Crippen LogP contribution in [-0.4, -0.2) is 23.0 Å². The van der Waals surface area contributed by atoms with Crippen molar-refractivity contribution in [3.8, 4) is 5.75 Å². The van der Waals surface area contributed by atoms with Crippen LogP contribution in [0.3, 0.4) is 0 Å². The highest BCUT2D eigenvalue weighted by Crippen LogP contribution is 2.16. The molecule has 0 fully saturated rings. The second kappa shape index (κ2) is 6.79. The fraction of sp³-hybridized carbons (Fsp3) is 0.429. The standard InChI is InChI=1S/C14H18O4/c1-10(2)18-12-6-3-5-11(9-12)13(15)7-4-8-14(16)17/h3,5-6,9-10H,4,7-8H2,1-2H3,(H,16,17). The van der Waals surface area contributed by atoms with E-state index in [9.17, 15) is 9.59 Å². The van der Waals surface area contributed by atoms with Gasteiger partial charge in [-0.25, -0.2) is 0 Å². The van der Waals surface area contributed by atoms with Gasteiger partial charge in [0.1, 0.15) is 5.75 Å². The van der Waals surface area contributed by atoms with Crippen LogP contribution in [-0.2, 0) is 4.79 Å². The molecule has 0 radical (unpaired) electrons. The van der Waals surface area contributed by atoms with E-state index in [1.807, 2.05) is 13.8 Å². The van der Waals surface area contributed by atoms with Gasteiger partial charge in [0, 0.05) is 18.4 Å². The maximum absolute atomic E-state index is 11.8. The maximum atomic E-state index is 11.8. The molecule has 0 saturated heterocycles. The Labute approximate surface area is 107 Å². The number of carboxylic acids is 1. The summed E-state index contributed by atoms with van der Waals surface area (Å²) in [7, 11) is 0. The average Bonchev–Trinajstić information content (AvgIpc) is 2.27. The van der Waals surface area contributed by atoms with Gasteiger partial charge in [0.05, 0.1) is 6.10 Å². The van der Waals surface area contributed by atoms with Crippen LogP contribution < -0.4 is 4.74 Å². The normalized spacial score (nSPS) is 10.4. The molecule has 0 spiro atoms. The van der Waals surface area contributed by atoms with E-state index in [0.29, 0.717) is 17.7 Å². The molecule has 0 heterocycles. The number of ether oxygens (including phenoxy) is 1. The van der Waals surface area contributed by atoms with Crippen molar-refractivity contribution in [1.82, 2.24) is 0 Å². The first-order chi connectivity index (χ1) is 8.49. The largest absolute Gasteiger partial charge is 0.491 e. The van der Waals surface area contributed by atoms with Crippen molar-refractivity contribution in [1.29, 1.82) is 0 Å². The van der Waals surface area contributed by atoms with Crippen molar-refractivity contribution in [2.75, 3.05) is 0 Å². The molecule has 1 aromatic rings. The zero-order valence-electron chi connectivity index (χ0n) is 10.7. The van der Waals surface area contributed by atoms with Crippen LogP contribution in [0.2, 0.25) is 0 Å². The molecule has 1 N–H and O–H groups in total. The Hall–Kier alpha value is -1.84. The zero-order valence-corrected chi connectivity index (χ0v) is 10.7. The third kappa shape index (κ3) is 4.99. The Balaban J connectivity index is 2.59. The lowest BCUT2D eigenvalue weighted by Crippen LogP contribution is -2.07. The van der Waals surface area contributed by atoms with Crippen molar-refractivity contribution in [2.45, 2.75) is 39.2 Å². The topological polar surface area (TPSA) is 63.6 Å². The van der Waals surface area contributed by atoms with Crippen LogP contribution in [0.1, 0.15) is 43.5 Å². The Morgan fingerprint density at radius 3 is 2.61 bits per heavy atom. The number of hydrogen-bond acceptors (Lipinski definition) is 3. The fourth-order valence-electron chi connectivity index (χ4n) is 1.56. The first-order valence-corrected chi connectivity index (χ1v) is 6.00. The van der Waals surface area contributed by atoms with E-state index in [-0.39, 0.29) is 24.7 Å². The van der Waals surface area contributed by atoms with Gasteiger partial charge in [-0.15, -0.1) is 0 Å². The Bertz CT molecular complexity index is 424. The summed E-state index contributed by atoms with van der Waals surface area (Å²) in [4.78, 5) is 22.2. The van der Waals surface area contributed by atoms with Crippen LogP contribution >= 0.6 is 0 Å². The predicted molar refractivity (Wildman–Crippen MR) is 68.0 cm³/mol. The van der Waals surface area contributed by atoms with Gasteiger partial charge in [-0.2, -0.15) is 0 Å². The van der Waals surface area contributed by atoms with Crippen molar-refractivity contribution in [2.24, 2.45) is 0 Å². The summed E-state index contributed by atoms with van der Waals surface area (Å²) >= 11 is 0. The smallest absolute Gasteiger partial charge is 0.303 e. The van der Waals surface area contributed by atoms with E-state index in [2.05, 4.69) is 0 Å². The summed E-state index contributed by atoms with van der Waals surface area (Å²) in [6.45, 7) is 3.84. The summed E-state index contributed by atoms with van der Waals surface area (Å²) in [6.07, 6.45) is 0.691. The van der Waals surface area contributed by atoms with E-state index >= 15 is 0 Å². The molecule has 1 aromatic carbocycles. The molecule has 0 amide bonds. The highest BCUT2D eigenvalue weighted by molar-refractivity contribution is 5.96. The third-order valence-electron chi connectivity index (χ3n) is 2.32. The number of aliphatic carboxylic acids is 1. The van der Waals surface area contributed by atoms with Crippen LogP contribution in [0.4, 0.5) is 0 Å². The van der Waals surface area contributed by atoms with E-state index in [1.54, 1.807) is 24.3 Å². The lowest BCUT2D eigenvalue weighted by molar-refractivity contribution is -0.137. The molecule has 0 atom stereocenters. The van der Waals surface area contributed by atoms with Crippen molar-refractivity contribution in [3.05, 3.63) is 29.8 Å². The molecule has 4 heteroatoms. The molecule has 0 aliphatic carbocycles. The van der Waals surface area contributed by atoms with Crippen molar-refractivity contribution in [3.63, 3.8) is 0 Å². The number of rotatable bonds is 7. The Morgan fingerprint density at radius 2 is 2.00 bits per heavy atom. The average molecular weight is 250 g/mol. The lowest BCUT2D eigenvalue weighted by Gasteiger charge is -2.10. The monoisotopic (exact) mass is 250 g/mol. The number of benzene rings is 1. The zero-order chi connectivity index (χ0) is 13.5. The highest BCUT2D eigenvalue weighted by Gasteiger charge is 2.08. The Kier molecular flexibility index (Phi) is 5.36. The van der Waals surface area contributed by atoms with Gasteiger partial charge in [0.2, 0.25) is 0 Å². The van der Waals surface area contributed by atoms with Crippen molar-refractivity contribution >= 4 is 11.8 Å². The van der Waals surface area contributed by atoms with E-state index in [1.165, 1.54) is 0 Å². The lowest BCUT2D eigenvalue weighted by atomic mass is 10.1. The molecule has 0 aliphatic heterocycles. The van der Waals surface area contributed by atoms with Gasteiger partial charge < -0.3 is 9.84 Å². The molecule has 0 saturated carbocycles. The molecule has 18 heavy (non-hydrogen) atoms. The highest BCUT2D eigenvalue weighted by atomic mass is 16.5. The molecule has 4 nitrogen and oxygen atoms in total. The molecule has 0 aliphatic rings. The van der Waals surface area contributed by atoms with Crippen LogP contribution in [0, 0.1) is 0 Å². The molecule has 0 bridgehead atoms. The maximum Gasteiger partial charge on any atom is 0.303 e. The number of hydrogen-bond donors (Lipinski definition) is 1. The van der Waals surface area contributed by atoms with Gasteiger partial charge in [-0.1, -0.05) is 12.1 Å². The predicted octanol–water partition coefficient (Wildman–Crippen LogP) is 2.91. The summed E-state index contributed by atoms with van der Waals surface area (Å²) in [5.41, 5.74) is 0.568.